The van der Waals surface area contributed by atoms with Crippen LogP contribution in [-0.2, 0) is 28.5 Å². The smallest absolute Gasteiger partial charge is 0.469 e. The molecule has 0 aromatic rings. The number of carbonyl (C=O) groups excluding carboxylic acids is 3. The molecule has 0 radical (unpaired) electrons. The van der Waals surface area contributed by atoms with Crippen molar-refractivity contribution in [3.8, 4) is 0 Å². The maximum absolute atomic E-state index is 11.4. The van der Waals surface area contributed by atoms with Crippen LogP contribution in [0.1, 0.15) is 33.6 Å². The van der Waals surface area contributed by atoms with Gasteiger partial charge < -0.3 is 18.9 Å². The lowest BCUT2D eigenvalue weighted by Crippen LogP contribution is -2.32. The summed E-state index contributed by atoms with van der Waals surface area (Å²) in [6.45, 7) is 4.99. The lowest BCUT2D eigenvalue weighted by atomic mass is 10.2. The number of rotatable bonds is 5. The van der Waals surface area contributed by atoms with Crippen molar-refractivity contribution in [1.82, 2.24) is 0 Å². The van der Waals surface area contributed by atoms with Gasteiger partial charge in [-0.2, -0.15) is 0 Å². The van der Waals surface area contributed by atoms with Gasteiger partial charge in [0.2, 0.25) is 6.10 Å². The van der Waals surface area contributed by atoms with Crippen molar-refractivity contribution in [2.75, 3.05) is 14.2 Å². The highest BCUT2D eigenvalue weighted by atomic mass is 16.7. The average Bonchev–Trinajstić information content (AvgIpc) is 2.30. The highest BCUT2D eigenvalue weighted by Gasteiger charge is 2.27. The molecule has 0 fully saturated rings. The Morgan fingerprint density at radius 1 is 1.05 bits per heavy atom. The van der Waals surface area contributed by atoms with Crippen LogP contribution in [0.15, 0.2) is 0 Å². The summed E-state index contributed by atoms with van der Waals surface area (Å²) >= 11 is 0. The predicted molar refractivity (Wildman–Crippen MR) is 64.4 cm³/mol. The lowest BCUT2D eigenvalue weighted by molar-refractivity contribution is -0.154. The number of methoxy groups -OCH3 is 2. The molecule has 7 heteroatoms. The Balaban J connectivity index is 4.47. The lowest BCUT2D eigenvalue weighted by Gasteiger charge is -2.21. The minimum absolute atomic E-state index is 0.0292. The monoisotopic (exact) mass is 276 g/mol. The molecular weight excluding hydrogens is 256 g/mol. The largest absolute Gasteiger partial charge is 0.509 e. The molecule has 0 aliphatic heterocycles. The van der Waals surface area contributed by atoms with Gasteiger partial charge in [0.25, 0.3) is 0 Å². The molecule has 0 heterocycles. The molecule has 110 valence electrons. The highest BCUT2D eigenvalue weighted by molar-refractivity contribution is 5.78. The molecule has 0 rings (SSSR count). The summed E-state index contributed by atoms with van der Waals surface area (Å²) in [4.78, 5) is 33.8. The molecular formula is C12H20O7. The highest BCUT2D eigenvalue weighted by Crippen LogP contribution is 2.12. The Kier molecular flexibility index (Phi) is 6.89. The second-order valence-electron chi connectivity index (χ2n) is 4.71. The second-order valence-corrected chi connectivity index (χ2v) is 4.71. The van der Waals surface area contributed by atoms with E-state index in [9.17, 15) is 14.4 Å². The number of esters is 2. The fraction of sp³-hybridized carbons (Fsp3) is 0.750. The second kappa shape index (κ2) is 7.60. The van der Waals surface area contributed by atoms with E-state index in [1.54, 1.807) is 20.8 Å². The van der Waals surface area contributed by atoms with Crippen LogP contribution in [0.5, 0.6) is 0 Å². The van der Waals surface area contributed by atoms with E-state index in [4.69, 9.17) is 9.47 Å². The average molecular weight is 276 g/mol. The zero-order valence-electron chi connectivity index (χ0n) is 11.8. The van der Waals surface area contributed by atoms with Crippen molar-refractivity contribution in [2.24, 2.45) is 0 Å². The van der Waals surface area contributed by atoms with Crippen LogP contribution in [0, 0.1) is 0 Å². The van der Waals surface area contributed by atoms with Gasteiger partial charge in [-0.05, 0) is 20.8 Å². The summed E-state index contributed by atoms with van der Waals surface area (Å²) in [5, 5.41) is 0. The van der Waals surface area contributed by atoms with Gasteiger partial charge in [-0.15, -0.1) is 0 Å². The van der Waals surface area contributed by atoms with Crippen LogP contribution in [0.2, 0.25) is 0 Å². The van der Waals surface area contributed by atoms with Gasteiger partial charge in [-0.3, -0.25) is 4.79 Å². The minimum atomic E-state index is -1.20. The van der Waals surface area contributed by atoms with Crippen molar-refractivity contribution in [3.63, 3.8) is 0 Å². The summed E-state index contributed by atoms with van der Waals surface area (Å²) in [6, 6.07) is 0. The molecule has 0 saturated heterocycles. The number of ether oxygens (including phenoxy) is 4. The van der Waals surface area contributed by atoms with E-state index in [2.05, 4.69) is 9.47 Å². The number of carbonyl (C=O) groups is 3. The predicted octanol–water partition coefficient (Wildman–Crippen LogP) is 1.43. The molecule has 19 heavy (non-hydrogen) atoms. The number of hydrogen-bond acceptors (Lipinski definition) is 7. The molecule has 0 aromatic heterocycles. The summed E-state index contributed by atoms with van der Waals surface area (Å²) < 4.78 is 18.7. The summed E-state index contributed by atoms with van der Waals surface area (Å²) in [7, 11) is 2.39. The number of hydrogen-bond donors (Lipinski definition) is 0. The Hall–Kier alpha value is -1.79. The topological polar surface area (TPSA) is 88.1 Å². The van der Waals surface area contributed by atoms with Crippen LogP contribution in [-0.4, -0.2) is 44.0 Å². The maximum atomic E-state index is 11.4. The molecule has 0 aromatic carbocycles. The molecule has 0 aliphatic carbocycles. The molecule has 7 nitrogen and oxygen atoms in total. The first kappa shape index (κ1) is 17.2. The third-order valence-corrected chi connectivity index (χ3v) is 1.93. The van der Waals surface area contributed by atoms with Crippen molar-refractivity contribution in [1.29, 1.82) is 0 Å². The molecule has 1 atom stereocenters. The Morgan fingerprint density at radius 2 is 1.63 bits per heavy atom. The van der Waals surface area contributed by atoms with Gasteiger partial charge in [0.05, 0.1) is 14.2 Å². The molecule has 1 unspecified atom stereocenters. The van der Waals surface area contributed by atoms with Crippen LogP contribution in [0.3, 0.4) is 0 Å². The van der Waals surface area contributed by atoms with E-state index in [0.29, 0.717) is 0 Å². The van der Waals surface area contributed by atoms with E-state index < -0.39 is 29.8 Å². The molecule has 0 bridgehead atoms. The fourth-order valence-corrected chi connectivity index (χ4v) is 1.10. The van der Waals surface area contributed by atoms with Gasteiger partial charge in [-0.1, -0.05) is 0 Å². The molecule has 0 amide bonds. The Labute approximate surface area is 112 Å². The zero-order chi connectivity index (χ0) is 15.1. The molecule has 0 N–H and O–H groups in total. The van der Waals surface area contributed by atoms with Crippen molar-refractivity contribution in [2.45, 2.75) is 45.3 Å². The van der Waals surface area contributed by atoms with Crippen molar-refractivity contribution in [3.05, 3.63) is 0 Å². The Bertz CT molecular complexity index is 329. The van der Waals surface area contributed by atoms with E-state index in [-0.39, 0.29) is 12.8 Å². The summed E-state index contributed by atoms with van der Waals surface area (Å²) in [6.07, 6.45) is -2.29. The first-order valence-electron chi connectivity index (χ1n) is 5.74. The fourth-order valence-electron chi connectivity index (χ4n) is 1.10. The van der Waals surface area contributed by atoms with Crippen molar-refractivity contribution < 1.29 is 33.3 Å². The first-order chi connectivity index (χ1) is 8.69. The van der Waals surface area contributed by atoms with Crippen LogP contribution in [0.4, 0.5) is 4.79 Å². The Morgan fingerprint density at radius 3 is 2.05 bits per heavy atom. The van der Waals surface area contributed by atoms with Gasteiger partial charge in [0, 0.05) is 12.8 Å². The van der Waals surface area contributed by atoms with E-state index in [1.807, 2.05) is 0 Å². The van der Waals surface area contributed by atoms with Gasteiger partial charge in [-0.25, -0.2) is 9.59 Å². The molecule has 0 spiro atoms. The van der Waals surface area contributed by atoms with Crippen LogP contribution >= 0.6 is 0 Å². The van der Waals surface area contributed by atoms with Gasteiger partial charge in [0.15, 0.2) is 0 Å². The van der Waals surface area contributed by atoms with Crippen molar-refractivity contribution >= 4 is 18.1 Å². The SMILES string of the molecule is COC(=O)CCC(OC(=O)OC(C)(C)C)C(=O)OC. The van der Waals surface area contributed by atoms with E-state index in [1.165, 1.54) is 7.11 Å². The normalized spacial score (nSPS) is 12.3. The van der Waals surface area contributed by atoms with E-state index >= 15 is 0 Å². The third-order valence-electron chi connectivity index (χ3n) is 1.93. The summed E-state index contributed by atoms with van der Waals surface area (Å²) in [5.74, 6) is -1.27. The minimum Gasteiger partial charge on any atom is -0.469 e. The molecule has 0 saturated carbocycles. The standard InChI is InChI=1S/C12H20O7/c1-12(2,3)19-11(15)18-8(10(14)17-5)6-7-9(13)16-4/h8H,6-7H2,1-5H3. The van der Waals surface area contributed by atoms with Crippen LogP contribution in [0.25, 0.3) is 0 Å². The van der Waals surface area contributed by atoms with Gasteiger partial charge in [0.1, 0.15) is 5.60 Å². The molecule has 0 aliphatic rings. The first-order valence-corrected chi connectivity index (χ1v) is 5.74. The summed E-state index contributed by atoms with van der Waals surface area (Å²) in [5.41, 5.74) is -0.736. The van der Waals surface area contributed by atoms with Crippen LogP contribution < -0.4 is 0 Å². The van der Waals surface area contributed by atoms with E-state index in [0.717, 1.165) is 7.11 Å². The third kappa shape index (κ3) is 8.01. The van der Waals surface area contributed by atoms with Gasteiger partial charge >= 0.3 is 18.1 Å². The zero-order valence-corrected chi connectivity index (χ0v) is 11.8. The maximum Gasteiger partial charge on any atom is 0.509 e. The quantitative estimate of drug-likeness (QED) is 0.554.